The highest BCUT2D eigenvalue weighted by Crippen LogP contribution is 2.21. The lowest BCUT2D eigenvalue weighted by Gasteiger charge is -2.17. The number of amides is 1. The maximum atomic E-state index is 12.2. The second-order valence-corrected chi connectivity index (χ2v) is 7.37. The van der Waals surface area contributed by atoms with E-state index in [1.807, 2.05) is 17.5 Å². The van der Waals surface area contributed by atoms with Crippen LogP contribution in [0.4, 0.5) is 8.78 Å². The molecule has 0 unspecified atom stereocenters. The fourth-order valence-corrected chi connectivity index (χ4v) is 3.18. The molecule has 0 aliphatic heterocycles. The summed E-state index contributed by atoms with van der Waals surface area (Å²) < 4.78 is 38.7. The Morgan fingerprint density at radius 3 is 2.68 bits per heavy atom. The number of nitrogens with zero attached hydrogens (tertiary/aromatic N) is 3. The summed E-state index contributed by atoms with van der Waals surface area (Å²) in [6.45, 7) is -3.09. The summed E-state index contributed by atoms with van der Waals surface area (Å²) in [5, 5.41) is 5.76. The second-order valence-electron chi connectivity index (χ2n) is 6.42. The number of thiophene rings is 1. The molecular formula is C20H19F2N3O5S. The third-order valence-corrected chi connectivity index (χ3v) is 4.97. The van der Waals surface area contributed by atoms with Crippen LogP contribution in [-0.2, 0) is 27.3 Å². The van der Waals surface area contributed by atoms with Crippen molar-refractivity contribution in [2.45, 2.75) is 26.0 Å². The minimum absolute atomic E-state index is 0.00529. The van der Waals surface area contributed by atoms with Crippen molar-refractivity contribution in [3.8, 4) is 16.5 Å². The van der Waals surface area contributed by atoms with Gasteiger partial charge in [-0.2, -0.15) is 13.8 Å². The average Bonchev–Trinajstić information content (AvgIpc) is 3.43. The van der Waals surface area contributed by atoms with Crippen molar-refractivity contribution in [2.24, 2.45) is 0 Å². The zero-order chi connectivity index (χ0) is 22.2. The summed E-state index contributed by atoms with van der Waals surface area (Å²) in [6.07, 6.45) is 0.197. The molecule has 3 rings (SSSR count). The van der Waals surface area contributed by atoms with Gasteiger partial charge in [-0.1, -0.05) is 23.4 Å². The van der Waals surface area contributed by atoms with Gasteiger partial charge in [0.2, 0.25) is 11.7 Å². The molecule has 2 aromatic heterocycles. The molecule has 1 amide bonds. The lowest BCUT2D eigenvalue weighted by atomic mass is 10.2. The van der Waals surface area contributed by atoms with E-state index < -0.39 is 25.1 Å². The lowest BCUT2D eigenvalue weighted by molar-refractivity contribution is -0.151. The zero-order valence-corrected chi connectivity index (χ0v) is 17.3. The Bertz CT molecular complexity index is 993. The molecule has 0 saturated heterocycles. The van der Waals surface area contributed by atoms with E-state index in [1.165, 1.54) is 28.4 Å². The molecule has 3 aromatic rings. The summed E-state index contributed by atoms with van der Waals surface area (Å²) in [7, 11) is 1.55. The Balaban J connectivity index is 1.38. The maximum Gasteiger partial charge on any atom is 0.387 e. The highest BCUT2D eigenvalue weighted by atomic mass is 32.1. The summed E-state index contributed by atoms with van der Waals surface area (Å²) >= 11 is 1.48. The Labute approximate surface area is 180 Å². The maximum absolute atomic E-state index is 12.2. The number of alkyl halides is 2. The van der Waals surface area contributed by atoms with Crippen molar-refractivity contribution in [3.63, 3.8) is 0 Å². The number of halogens is 2. The second kappa shape index (κ2) is 10.6. The predicted octanol–water partition coefficient (Wildman–Crippen LogP) is 3.53. The van der Waals surface area contributed by atoms with Crippen molar-refractivity contribution >= 4 is 23.2 Å². The molecule has 0 radical (unpaired) electrons. The molecule has 2 heterocycles. The fourth-order valence-electron chi connectivity index (χ4n) is 2.53. The summed E-state index contributed by atoms with van der Waals surface area (Å²) in [4.78, 5) is 30.5. The van der Waals surface area contributed by atoms with Crippen LogP contribution in [-0.4, -0.2) is 47.2 Å². The summed E-state index contributed by atoms with van der Waals surface area (Å²) in [5.74, 6) is -0.164. The minimum Gasteiger partial charge on any atom is -0.456 e. The molecule has 0 aliphatic carbocycles. The monoisotopic (exact) mass is 451 g/mol. The Morgan fingerprint density at radius 2 is 2.00 bits per heavy atom. The van der Waals surface area contributed by atoms with Crippen LogP contribution in [0.25, 0.3) is 10.7 Å². The first-order valence-electron chi connectivity index (χ1n) is 9.20. The van der Waals surface area contributed by atoms with Crippen LogP contribution >= 0.6 is 11.3 Å². The van der Waals surface area contributed by atoms with Crippen molar-refractivity contribution in [1.82, 2.24) is 15.0 Å². The molecular weight excluding hydrogens is 432 g/mol. The Morgan fingerprint density at radius 1 is 1.23 bits per heavy atom. The van der Waals surface area contributed by atoms with Crippen LogP contribution in [0, 0.1) is 0 Å². The number of aryl methyl sites for hydroxylation is 1. The molecule has 0 saturated carbocycles. The molecule has 0 atom stereocenters. The number of hydrogen-bond donors (Lipinski definition) is 0. The smallest absolute Gasteiger partial charge is 0.387 e. The molecule has 0 spiro atoms. The van der Waals surface area contributed by atoms with Crippen LogP contribution in [0.2, 0.25) is 0 Å². The molecule has 0 N–H and O–H groups in total. The molecule has 0 aliphatic rings. The molecule has 8 nitrogen and oxygen atoms in total. The number of hydrogen-bond acceptors (Lipinski definition) is 8. The van der Waals surface area contributed by atoms with Crippen molar-refractivity contribution in [3.05, 3.63) is 53.2 Å². The highest BCUT2D eigenvalue weighted by Gasteiger charge is 2.15. The van der Waals surface area contributed by atoms with Gasteiger partial charge < -0.3 is 18.9 Å². The number of aromatic nitrogens is 2. The first kappa shape index (κ1) is 22.3. The van der Waals surface area contributed by atoms with Crippen LogP contribution in [0.1, 0.15) is 17.9 Å². The van der Waals surface area contributed by atoms with Gasteiger partial charge in [0.1, 0.15) is 5.75 Å². The number of carbonyl (C=O) groups excluding carboxylic acids is 2. The normalized spacial score (nSPS) is 10.8. The van der Waals surface area contributed by atoms with E-state index in [2.05, 4.69) is 14.9 Å². The predicted molar refractivity (Wildman–Crippen MR) is 106 cm³/mol. The number of esters is 1. The minimum atomic E-state index is -2.90. The third-order valence-electron chi connectivity index (χ3n) is 4.10. The largest absolute Gasteiger partial charge is 0.456 e. The van der Waals surface area contributed by atoms with Crippen LogP contribution < -0.4 is 4.74 Å². The molecule has 11 heteroatoms. The SMILES string of the molecule is CN(Cc1ccc(OC(F)F)cc1)C(=O)COC(=O)CCc1nc(-c2cccs2)no1. The van der Waals surface area contributed by atoms with E-state index in [0.717, 1.165) is 4.88 Å². The van der Waals surface area contributed by atoms with E-state index >= 15 is 0 Å². The number of likely N-dealkylation sites (N-methyl/N-ethyl adjacent to an activating group) is 1. The van der Waals surface area contributed by atoms with Gasteiger partial charge in [0.25, 0.3) is 5.91 Å². The zero-order valence-electron chi connectivity index (χ0n) is 16.5. The van der Waals surface area contributed by atoms with Crippen LogP contribution in [0.15, 0.2) is 46.3 Å². The fraction of sp³-hybridized carbons (Fsp3) is 0.300. The van der Waals surface area contributed by atoms with Gasteiger partial charge in [0.05, 0.1) is 11.3 Å². The topological polar surface area (TPSA) is 94.8 Å². The first-order valence-corrected chi connectivity index (χ1v) is 10.1. The van der Waals surface area contributed by atoms with Crippen molar-refractivity contribution in [2.75, 3.05) is 13.7 Å². The van der Waals surface area contributed by atoms with Gasteiger partial charge in [-0.15, -0.1) is 11.3 Å². The molecule has 1 aromatic carbocycles. The summed E-state index contributed by atoms with van der Waals surface area (Å²) in [5.41, 5.74) is 0.710. The van der Waals surface area contributed by atoms with E-state index in [0.29, 0.717) is 17.3 Å². The van der Waals surface area contributed by atoms with Gasteiger partial charge in [-0.25, -0.2) is 0 Å². The van der Waals surface area contributed by atoms with Crippen LogP contribution in [0.3, 0.4) is 0 Å². The summed E-state index contributed by atoms with van der Waals surface area (Å²) in [6, 6.07) is 9.66. The quantitative estimate of drug-likeness (QED) is 0.435. The van der Waals surface area contributed by atoms with E-state index in [-0.39, 0.29) is 25.1 Å². The molecule has 164 valence electrons. The number of rotatable bonds is 10. The first-order chi connectivity index (χ1) is 14.9. The van der Waals surface area contributed by atoms with E-state index in [4.69, 9.17) is 9.26 Å². The molecule has 0 fully saturated rings. The Kier molecular flexibility index (Phi) is 7.65. The number of carbonyl (C=O) groups is 2. The number of benzene rings is 1. The number of ether oxygens (including phenoxy) is 2. The van der Waals surface area contributed by atoms with Gasteiger partial charge in [0, 0.05) is 20.0 Å². The van der Waals surface area contributed by atoms with Gasteiger partial charge in [0.15, 0.2) is 6.61 Å². The van der Waals surface area contributed by atoms with E-state index in [1.54, 1.807) is 19.2 Å². The van der Waals surface area contributed by atoms with Crippen molar-refractivity contribution < 1.29 is 32.4 Å². The molecule has 0 bridgehead atoms. The van der Waals surface area contributed by atoms with Gasteiger partial charge >= 0.3 is 12.6 Å². The lowest BCUT2D eigenvalue weighted by Crippen LogP contribution is -2.30. The molecule has 31 heavy (non-hydrogen) atoms. The standard InChI is InChI=1S/C20H19F2N3O5S/c1-25(11-13-4-6-14(7-5-13)29-20(21)22)17(26)12-28-18(27)9-8-16-23-19(24-30-16)15-3-2-10-31-15/h2-7,10,20H,8-9,11-12H2,1H3. The van der Waals surface area contributed by atoms with Gasteiger partial charge in [-0.3, -0.25) is 9.59 Å². The van der Waals surface area contributed by atoms with Crippen molar-refractivity contribution in [1.29, 1.82) is 0 Å². The third kappa shape index (κ3) is 6.85. The average molecular weight is 451 g/mol. The van der Waals surface area contributed by atoms with E-state index in [9.17, 15) is 18.4 Å². The highest BCUT2D eigenvalue weighted by molar-refractivity contribution is 7.13. The van der Waals surface area contributed by atoms with Crippen LogP contribution in [0.5, 0.6) is 5.75 Å². The Hall–Kier alpha value is -3.34. The van der Waals surface area contributed by atoms with Gasteiger partial charge in [-0.05, 0) is 29.1 Å².